The summed E-state index contributed by atoms with van der Waals surface area (Å²) in [4.78, 5) is 19.5. The third-order valence-electron chi connectivity index (χ3n) is 5.09. The van der Waals surface area contributed by atoms with Crippen molar-refractivity contribution >= 4 is 22.6 Å². The summed E-state index contributed by atoms with van der Waals surface area (Å²) in [5.74, 6) is 2.07. The number of amides is 1. The van der Waals surface area contributed by atoms with E-state index in [0.29, 0.717) is 25.6 Å². The lowest BCUT2D eigenvalue weighted by Crippen LogP contribution is -2.24. The molecule has 0 bridgehead atoms. The SMILES string of the molecule is CCOc1ccc(N2CC(c3nc4ccccc4n3C(C)C)CC2=O)cc1. The zero-order valence-corrected chi connectivity index (χ0v) is 16.1. The summed E-state index contributed by atoms with van der Waals surface area (Å²) < 4.78 is 7.77. The molecule has 27 heavy (non-hydrogen) atoms. The van der Waals surface area contributed by atoms with Gasteiger partial charge in [-0.1, -0.05) is 12.1 Å². The van der Waals surface area contributed by atoms with Gasteiger partial charge in [0, 0.05) is 30.6 Å². The Hall–Kier alpha value is -2.82. The van der Waals surface area contributed by atoms with Gasteiger partial charge in [0.05, 0.1) is 17.6 Å². The predicted molar refractivity (Wildman–Crippen MR) is 107 cm³/mol. The number of carbonyl (C=O) groups is 1. The molecule has 1 atom stereocenters. The molecule has 0 aliphatic carbocycles. The van der Waals surface area contributed by atoms with Crippen LogP contribution in [0.2, 0.25) is 0 Å². The molecule has 2 heterocycles. The molecule has 1 aliphatic rings. The molecule has 140 valence electrons. The van der Waals surface area contributed by atoms with E-state index in [9.17, 15) is 4.79 Å². The van der Waals surface area contributed by atoms with Crippen molar-refractivity contribution in [3.05, 3.63) is 54.4 Å². The van der Waals surface area contributed by atoms with Crippen molar-refractivity contribution in [3.63, 3.8) is 0 Å². The minimum Gasteiger partial charge on any atom is -0.494 e. The van der Waals surface area contributed by atoms with Crippen LogP contribution in [0.15, 0.2) is 48.5 Å². The maximum atomic E-state index is 12.7. The van der Waals surface area contributed by atoms with Crippen LogP contribution in [0.3, 0.4) is 0 Å². The van der Waals surface area contributed by atoms with Gasteiger partial charge in [-0.3, -0.25) is 4.79 Å². The Morgan fingerprint density at radius 1 is 1.15 bits per heavy atom. The third kappa shape index (κ3) is 3.18. The van der Waals surface area contributed by atoms with Crippen LogP contribution in [0.1, 0.15) is 45.0 Å². The van der Waals surface area contributed by atoms with Crippen LogP contribution < -0.4 is 9.64 Å². The van der Waals surface area contributed by atoms with Crippen LogP contribution in [0.25, 0.3) is 11.0 Å². The van der Waals surface area contributed by atoms with E-state index in [1.54, 1.807) is 0 Å². The lowest BCUT2D eigenvalue weighted by atomic mass is 10.1. The molecular weight excluding hydrogens is 338 g/mol. The van der Waals surface area contributed by atoms with E-state index in [-0.39, 0.29) is 11.8 Å². The maximum Gasteiger partial charge on any atom is 0.227 e. The zero-order chi connectivity index (χ0) is 19.0. The summed E-state index contributed by atoms with van der Waals surface area (Å²) in [5.41, 5.74) is 3.04. The number of hydrogen-bond acceptors (Lipinski definition) is 3. The monoisotopic (exact) mass is 363 g/mol. The molecule has 0 spiro atoms. The smallest absolute Gasteiger partial charge is 0.227 e. The molecule has 3 aromatic rings. The number of anilines is 1. The zero-order valence-electron chi connectivity index (χ0n) is 16.1. The van der Waals surface area contributed by atoms with Crippen LogP contribution in [0.4, 0.5) is 5.69 Å². The van der Waals surface area contributed by atoms with Gasteiger partial charge in [0.15, 0.2) is 0 Å². The number of ether oxygens (including phenoxy) is 1. The van der Waals surface area contributed by atoms with Crippen LogP contribution >= 0.6 is 0 Å². The first kappa shape index (κ1) is 17.6. The topological polar surface area (TPSA) is 47.4 Å². The Balaban J connectivity index is 1.64. The average molecular weight is 363 g/mol. The number of nitrogens with zero attached hydrogens (tertiary/aromatic N) is 3. The highest BCUT2D eigenvalue weighted by atomic mass is 16.5. The fourth-order valence-electron chi connectivity index (χ4n) is 3.91. The van der Waals surface area contributed by atoms with Crippen molar-refractivity contribution in [3.8, 4) is 5.75 Å². The summed E-state index contributed by atoms with van der Waals surface area (Å²) in [6.45, 7) is 7.58. The largest absolute Gasteiger partial charge is 0.494 e. The van der Waals surface area contributed by atoms with Crippen LogP contribution in [-0.2, 0) is 4.79 Å². The summed E-state index contributed by atoms with van der Waals surface area (Å²) in [5, 5.41) is 0. The molecule has 2 aromatic carbocycles. The molecule has 0 saturated carbocycles. The minimum atomic E-state index is 0.0962. The second-order valence-corrected chi connectivity index (χ2v) is 7.25. The first-order valence-electron chi connectivity index (χ1n) is 9.58. The number of rotatable bonds is 5. The van der Waals surface area contributed by atoms with Crippen molar-refractivity contribution < 1.29 is 9.53 Å². The summed E-state index contributed by atoms with van der Waals surface area (Å²) in [7, 11) is 0. The molecule has 0 radical (unpaired) electrons. The van der Waals surface area contributed by atoms with E-state index in [0.717, 1.165) is 28.3 Å². The van der Waals surface area contributed by atoms with Gasteiger partial charge in [0.2, 0.25) is 5.91 Å². The first-order valence-corrected chi connectivity index (χ1v) is 9.58. The van der Waals surface area contributed by atoms with Gasteiger partial charge in [-0.15, -0.1) is 0 Å². The molecule has 1 saturated heterocycles. The third-order valence-corrected chi connectivity index (χ3v) is 5.09. The quantitative estimate of drug-likeness (QED) is 0.669. The van der Waals surface area contributed by atoms with E-state index < -0.39 is 0 Å². The Labute approximate surface area is 159 Å². The van der Waals surface area contributed by atoms with Gasteiger partial charge in [-0.05, 0) is 57.2 Å². The van der Waals surface area contributed by atoms with Crippen molar-refractivity contribution in [1.29, 1.82) is 0 Å². The highest BCUT2D eigenvalue weighted by molar-refractivity contribution is 5.96. The number of hydrogen-bond donors (Lipinski definition) is 0. The van der Waals surface area contributed by atoms with Crippen molar-refractivity contribution in [2.45, 2.75) is 39.2 Å². The standard InChI is InChI=1S/C22H25N3O2/c1-4-27-18-11-9-17(10-12-18)24-14-16(13-21(24)26)22-23-19-7-5-6-8-20(19)25(22)15(2)3/h5-12,15-16H,4,13-14H2,1-3H3. The van der Waals surface area contributed by atoms with Gasteiger partial charge in [-0.25, -0.2) is 4.98 Å². The molecule has 1 amide bonds. The van der Waals surface area contributed by atoms with E-state index in [4.69, 9.17) is 9.72 Å². The average Bonchev–Trinajstić information content (AvgIpc) is 3.23. The highest BCUT2D eigenvalue weighted by Crippen LogP contribution is 2.35. The fourth-order valence-corrected chi connectivity index (χ4v) is 3.91. The van der Waals surface area contributed by atoms with E-state index in [1.165, 1.54) is 0 Å². The highest BCUT2D eigenvalue weighted by Gasteiger charge is 2.35. The molecule has 5 heteroatoms. The van der Waals surface area contributed by atoms with Gasteiger partial charge in [-0.2, -0.15) is 0 Å². The Bertz CT molecular complexity index is 959. The molecule has 0 N–H and O–H groups in total. The van der Waals surface area contributed by atoms with Gasteiger partial charge in [0.25, 0.3) is 0 Å². The van der Waals surface area contributed by atoms with Crippen LogP contribution in [0, 0.1) is 0 Å². The summed E-state index contributed by atoms with van der Waals surface area (Å²) in [6.07, 6.45) is 0.489. The number of para-hydroxylation sites is 2. The normalized spacial score (nSPS) is 17.3. The van der Waals surface area contributed by atoms with Gasteiger partial charge in [0.1, 0.15) is 11.6 Å². The van der Waals surface area contributed by atoms with Crippen molar-refractivity contribution in [2.24, 2.45) is 0 Å². The number of aromatic nitrogens is 2. The Kier molecular flexibility index (Phi) is 4.60. The fraction of sp³-hybridized carbons (Fsp3) is 0.364. The molecule has 1 aliphatic heterocycles. The molecule has 1 fully saturated rings. The molecule has 1 aromatic heterocycles. The lowest BCUT2D eigenvalue weighted by molar-refractivity contribution is -0.117. The Morgan fingerprint density at radius 2 is 1.89 bits per heavy atom. The maximum absolute atomic E-state index is 12.7. The molecular formula is C22H25N3O2. The lowest BCUT2D eigenvalue weighted by Gasteiger charge is -2.19. The van der Waals surface area contributed by atoms with Gasteiger partial charge >= 0.3 is 0 Å². The minimum absolute atomic E-state index is 0.0962. The second-order valence-electron chi connectivity index (χ2n) is 7.25. The van der Waals surface area contributed by atoms with Crippen LogP contribution in [0.5, 0.6) is 5.75 Å². The predicted octanol–water partition coefficient (Wildman–Crippen LogP) is 4.54. The number of imidazole rings is 1. The number of fused-ring (bicyclic) bond motifs is 1. The molecule has 5 nitrogen and oxygen atoms in total. The summed E-state index contributed by atoms with van der Waals surface area (Å²) >= 11 is 0. The Morgan fingerprint density at radius 3 is 2.59 bits per heavy atom. The van der Waals surface area contributed by atoms with Gasteiger partial charge < -0.3 is 14.2 Å². The van der Waals surface area contributed by atoms with Crippen molar-refractivity contribution in [1.82, 2.24) is 9.55 Å². The van der Waals surface area contributed by atoms with E-state index in [2.05, 4.69) is 24.5 Å². The molecule has 4 rings (SSSR count). The number of benzene rings is 2. The van der Waals surface area contributed by atoms with E-state index >= 15 is 0 Å². The van der Waals surface area contributed by atoms with Crippen molar-refractivity contribution in [2.75, 3.05) is 18.1 Å². The second kappa shape index (κ2) is 7.06. The first-order chi connectivity index (χ1) is 13.1. The summed E-state index contributed by atoms with van der Waals surface area (Å²) in [6, 6.07) is 16.2. The van der Waals surface area contributed by atoms with Crippen LogP contribution in [-0.4, -0.2) is 28.6 Å². The molecule has 1 unspecified atom stereocenters. The van der Waals surface area contributed by atoms with E-state index in [1.807, 2.05) is 54.3 Å². The number of carbonyl (C=O) groups excluding carboxylic acids is 1.